The number of nitrogens with zero attached hydrogens (tertiary/aromatic N) is 1. The summed E-state index contributed by atoms with van der Waals surface area (Å²) in [6.45, 7) is 1.69. The molecule has 0 spiro atoms. The topological polar surface area (TPSA) is 154 Å². The average Bonchev–Trinajstić information content (AvgIpc) is 3.08. The first-order valence-electron chi connectivity index (χ1n) is 10.4. The molecule has 0 bridgehead atoms. The van der Waals surface area contributed by atoms with Crippen molar-refractivity contribution in [3.8, 4) is 0 Å². The Kier molecular flexibility index (Phi) is 7.77. The Balaban J connectivity index is 1.43. The molecule has 11 nitrogen and oxygen atoms in total. The zero-order chi connectivity index (χ0) is 23.1. The van der Waals surface area contributed by atoms with E-state index in [0.29, 0.717) is 25.1 Å². The smallest absolute Gasteiger partial charge is 0.303 e. The Morgan fingerprint density at radius 1 is 1.16 bits per heavy atom. The van der Waals surface area contributed by atoms with E-state index in [1.165, 1.54) is 4.90 Å². The van der Waals surface area contributed by atoms with Gasteiger partial charge in [0.25, 0.3) is 5.91 Å². The molecule has 0 radical (unpaired) electrons. The molecule has 32 heavy (non-hydrogen) atoms. The molecular formula is C21H26N4O7. The summed E-state index contributed by atoms with van der Waals surface area (Å²) in [7, 11) is 0. The Morgan fingerprint density at radius 2 is 1.94 bits per heavy atom. The maximum Gasteiger partial charge on any atom is 0.303 e. The van der Waals surface area contributed by atoms with Gasteiger partial charge in [-0.15, -0.1) is 0 Å². The lowest BCUT2D eigenvalue weighted by Crippen LogP contribution is -2.52. The van der Waals surface area contributed by atoms with E-state index in [9.17, 15) is 24.0 Å². The molecule has 0 saturated carbocycles. The third-order valence-electron chi connectivity index (χ3n) is 5.28. The average molecular weight is 446 g/mol. The molecule has 1 unspecified atom stereocenters. The Morgan fingerprint density at radius 3 is 2.69 bits per heavy atom. The number of hydrogen-bond acceptors (Lipinski definition) is 7. The number of benzene rings is 1. The number of ether oxygens (including phenoxy) is 1. The van der Waals surface area contributed by atoms with Crippen molar-refractivity contribution in [3.05, 3.63) is 29.3 Å². The van der Waals surface area contributed by atoms with Crippen molar-refractivity contribution in [3.63, 3.8) is 0 Å². The highest BCUT2D eigenvalue weighted by molar-refractivity contribution is 6.06. The van der Waals surface area contributed by atoms with Crippen LogP contribution >= 0.6 is 0 Å². The van der Waals surface area contributed by atoms with Gasteiger partial charge < -0.3 is 25.4 Å². The summed E-state index contributed by atoms with van der Waals surface area (Å²) in [5.41, 5.74) is 2.11. The minimum Gasteiger partial charge on any atom is -0.481 e. The second-order valence-corrected chi connectivity index (χ2v) is 7.51. The number of carboxylic acid groups (broad SMARTS) is 1. The van der Waals surface area contributed by atoms with E-state index in [1.807, 2.05) is 6.07 Å². The number of imide groups is 1. The number of nitrogens with one attached hydrogen (secondary N) is 3. The van der Waals surface area contributed by atoms with Crippen molar-refractivity contribution < 1.29 is 33.8 Å². The molecule has 1 saturated heterocycles. The molecular weight excluding hydrogens is 420 g/mol. The SMILES string of the molecule is O=C(O)CCC(=O)NCCOCCNc1cccc2c1CN(C1CCC(=O)NC1=O)C2=O. The summed E-state index contributed by atoms with van der Waals surface area (Å²) in [4.78, 5) is 59.7. The van der Waals surface area contributed by atoms with Crippen LogP contribution in [0.5, 0.6) is 0 Å². The molecule has 0 aromatic heterocycles. The van der Waals surface area contributed by atoms with Gasteiger partial charge in [-0.05, 0) is 18.6 Å². The minimum absolute atomic E-state index is 0.0649. The third kappa shape index (κ3) is 5.82. The maximum absolute atomic E-state index is 12.8. The number of carbonyl (C=O) groups excluding carboxylic acids is 4. The van der Waals surface area contributed by atoms with Crippen LogP contribution in [0.3, 0.4) is 0 Å². The van der Waals surface area contributed by atoms with Gasteiger partial charge in [-0.1, -0.05) is 6.07 Å². The van der Waals surface area contributed by atoms with E-state index >= 15 is 0 Å². The van der Waals surface area contributed by atoms with Gasteiger partial charge in [0.05, 0.1) is 19.6 Å². The predicted molar refractivity (Wildman–Crippen MR) is 112 cm³/mol. The van der Waals surface area contributed by atoms with E-state index in [-0.39, 0.29) is 56.7 Å². The number of rotatable bonds is 11. The standard InChI is InChI=1S/C21H26N4O7/c26-17(6-7-19(28)29)23-9-11-32-10-8-22-15-3-1-2-13-14(15)12-25(21(13)31)16-4-5-18(27)24-20(16)30/h1-3,16,22H,4-12H2,(H,23,26)(H,28,29)(H,24,27,30). The molecule has 1 aromatic carbocycles. The molecule has 3 rings (SSSR count). The van der Waals surface area contributed by atoms with Gasteiger partial charge >= 0.3 is 5.97 Å². The van der Waals surface area contributed by atoms with E-state index in [4.69, 9.17) is 9.84 Å². The van der Waals surface area contributed by atoms with Crippen LogP contribution in [0.1, 0.15) is 41.6 Å². The van der Waals surface area contributed by atoms with Crippen molar-refractivity contribution in [1.82, 2.24) is 15.5 Å². The lowest BCUT2D eigenvalue weighted by atomic mass is 10.0. The molecule has 1 aromatic rings. The number of carboxylic acids is 1. The molecule has 2 aliphatic heterocycles. The number of piperidine rings is 1. The fourth-order valence-electron chi connectivity index (χ4n) is 3.68. The molecule has 11 heteroatoms. The zero-order valence-electron chi connectivity index (χ0n) is 17.5. The van der Waals surface area contributed by atoms with Gasteiger partial charge in [0.2, 0.25) is 17.7 Å². The molecule has 2 heterocycles. The van der Waals surface area contributed by atoms with Gasteiger partial charge in [-0.25, -0.2) is 0 Å². The largest absolute Gasteiger partial charge is 0.481 e. The molecule has 1 fully saturated rings. The number of anilines is 1. The van der Waals surface area contributed by atoms with E-state index in [0.717, 1.165) is 11.3 Å². The first kappa shape index (κ1) is 23.2. The summed E-state index contributed by atoms with van der Waals surface area (Å²) < 4.78 is 5.46. The number of carbonyl (C=O) groups is 5. The van der Waals surface area contributed by atoms with Gasteiger partial charge in [0.1, 0.15) is 6.04 Å². The van der Waals surface area contributed by atoms with Crippen molar-refractivity contribution in [2.75, 3.05) is 31.6 Å². The number of aliphatic carboxylic acids is 1. The summed E-state index contributed by atoms with van der Waals surface area (Å²) >= 11 is 0. The molecule has 4 N–H and O–H groups in total. The first-order valence-corrected chi connectivity index (χ1v) is 10.4. The van der Waals surface area contributed by atoms with Crippen LogP contribution in [0.4, 0.5) is 5.69 Å². The first-order chi connectivity index (χ1) is 15.4. The molecule has 2 aliphatic rings. The highest BCUT2D eigenvalue weighted by Gasteiger charge is 2.39. The Hall–Kier alpha value is -3.47. The minimum atomic E-state index is -1.02. The van der Waals surface area contributed by atoms with Crippen LogP contribution in [0.2, 0.25) is 0 Å². The van der Waals surface area contributed by atoms with Gasteiger partial charge in [0.15, 0.2) is 0 Å². The summed E-state index contributed by atoms with van der Waals surface area (Å²) in [6.07, 6.45) is 0.249. The monoisotopic (exact) mass is 446 g/mol. The van der Waals surface area contributed by atoms with Gasteiger partial charge in [0, 0.05) is 49.3 Å². The van der Waals surface area contributed by atoms with Crippen molar-refractivity contribution in [1.29, 1.82) is 0 Å². The van der Waals surface area contributed by atoms with E-state index in [1.54, 1.807) is 12.1 Å². The maximum atomic E-state index is 12.8. The fraction of sp³-hybridized carbons (Fsp3) is 0.476. The lowest BCUT2D eigenvalue weighted by molar-refractivity contribution is -0.139. The fourth-order valence-corrected chi connectivity index (χ4v) is 3.68. The van der Waals surface area contributed by atoms with E-state index in [2.05, 4.69) is 16.0 Å². The van der Waals surface area contributed by atoms with Gasteiger partial charge in [-0.2, -0.15) is 0 Å². The lowest BCUT2D eigenvalue weighted by Gasteiger charge is -2.29. The zero-order valence-corrected chi connectivity index (χ0v) is 17.5. The van der Waals surface area contributed by atoms with Crippen LogP contribution in [-0.4, -0.2) is 71.9 Å². The Bertz CT molecular complexity index is 917. The number of hydrogen-bond donors (Lipinski definition) is 4. The molecule has 4 amide bonds. The van der Waals surface area contributed by atoms with Crippen molar-refractivity contribution >= 4 is 35.3 Å². The van der Waals surface area contributed by atoms with E-state index < -0.39 is 17.9 Å². The highest BCUT2D eigenvalue weighted by atomic mass is 16.5. The number of amides is 4. The second kappa shape index (κ2) is 10.7. The molecule has 0 aliphatic carbocycles. The summed E-state index contributed by atoms with van der Waals surface area (Å²) in [5.74, 6) is -2.35. The predicted octanol–water partition coefficient (Wildman–Crippen LogP) is -0.143. The van der Waals surface area contributed by atoms with Crippen LogP contribution < -0.4 is 16.0 Å². The van der Waals surface area contributed by atoms with Crippen molar-refractivity contribution in [2.45, 2.75) is 38.3 Å². The Labute approximate surface area is 184 Å². The van der Waals surface area contributed by atoms with Crippen LogP contribution in [-0.2, 0) is 30.5 Å². The quantitative estimate of drug-likeness (QED) is 0.270. The molecule has 1 atom stereocenters. The summed E-state index contributed by atoms with van der Waals surface area (Å²) in [6, 6.07) is 4.68. The third-order valence-corrected chi connectivity index (χ3v) is 5.28. The summed E-state index contributed by atoms with van der Waals surface area (Å²) in [5, 5.41) is 16.6. The van der Waals surface area contributed by atoms with Gasteiger partial charge in [-0.3, -0.25) is 29.3 Å². The highest BCUT2D eigenvalue weighted by Crippen LogP contribution is 2.32. The van der Waals surface area contributed by atoms with Crippen LogP contribution in [0.25, 0.3) is 0 Å². The molecule has 172 valence electrons. The van der Waals surface area contributed by atoms with Crippen molar-refractivity contribution in [2.24, 2.45) is 0 Å². The normalized spacial score (nSPS) is 17.7. The van der Waals surface area contributed by atoms with Crippen LogP contribution in [0, 0.1) is 0 Å². The second-order valence-electron chi connectivity index (χ2n) is 7.51. The van der Waals surface area contributed by atoms with Crippen LogP contribution in [0.15, 0.2) is 18.2 Å². The number of fused-ring (bicyclic) bond motifs is 1.